The molecule has 0 spiro atoms. The zero-order valence-corrected chi connectivity index (χ0v) is 16.9. The zero-order chi connectivity index (χ0) is 21.3. The van der Waals surface area contributed by atoms with Crippen molar-refractivity contribution in [2.75, 3.05) is 40.4 Å². The van der Waals surface area contributed by atoms with Crippen molar-refractivity contribution in [1.82, 2.24) is 9.88 Å². The molecule has 4 rings (SSSR count). The Morgan fingerprint density at radius 2 is 1.93 bits per heavy atom. The highest BCUT2D eigenvalue weighted by Gasteiger charge is 2.45. The van der Waals surface area contributed by atoms with E-state index in [4.69, 9.17) is 9.47 Å². The van der Waals surface area contributed by atoms with Gasteiger partial charge in [0.15, 0.2) is 11.5 Å². The number of nitrogens with one attached hydrogen (secondary N) is 1. The summed E-state index contributed by atoms with van der Waals surface area (Å²) in [5.41, 5.74) is 0.687. The third-order valence-electron chi connectivity index (χ3n) is 5.15. The lowest BCUT2D eigenvalue weighted by molar-refractivity contribution is -0.857. The van der Waals surface area contributed by atoms with Gasteiger partial charge in [0.1, 0.15) is 19.3 Å². The van der Waals surface area contributed by atoms with Crippen LogP contribution in [0.3, 0.4) is 0 Å². The first-order valence-electron chi connectivity index (χ1n) is 9.84. The smallest absolute Gasteiger partial charge is 0.295 e. The number of likely N-dealkylation sites (N-methyl/N-ethyl adjacent to an activating group) is 1. The molecule has 1 atom stereocenters. The zero-order valence-electron chi connectivity index (χ0n) is 16.9. The molecule has 0 bridgehead atoms. The maximum Gasteiger partial charge on any atom is 0.295 e. The number of benzene rings is 1. The predicted octanol–water partition coefficient (Wildman–Crippen LogP) is -0.779. The van der Waals surface area contributed by atoms with Crippen LogP contribution in [-0.4, -0.2) is 62.0 Å². The van der Waals surface area contributed by atoms with Crippen molar-refractivity contribution < 1.29 is 29.1 Å². The second-order valence-corrected chi connectivity index (χ2v) is 7.54. The van der Waals surface area contributed by atoms with Gasteiger partial charge in [-0.3, -0.25) is 14.6 Å². The topological polar surface area (TPSA) is 96.2 Å². The molecule has 0 saturated carbocycles. The quantitative estimate of drug-likeness (QED) is 0.396. The molecule has 8 nitrogen and oxygen atoms in total. The number of carbonyl (C=O) groups excluding carboxylic acids is 2. The predicted molar refractivity (Wildman–Crippen MR) is 106 cm³/mol. The summed E-state index contributed by atoms with van der Waals surface area (Å²) in [4.78, 5) is 32.6. The lowest BCUT2D eigenvalue weighted by Gasteiger charge is -2.27. The van der Waals surface area contributed by atoms with E-state index in [2.05, 4.69) is 4.98 Å². The number of ether oxygens (including phenoxy) is 2. The van der Waals surface area contributed by atoms with Gasteiger partial charge in [-0.05, 0) is 29.8 Å². The lowest BCUT2D eigenvalue weighted by Crippen LogP contribution is -3.06. The van der Waals surface area contributed by atoms with E-state index in [1.807, 2.05) is 14.1 Å². The molecular weight excluding hydrogens is 386 g/mol. The van der Waals surface area contributed by atoms with Crippen LogP contribution in [0.4, 0.5) is 0 Å². The number of fused-ring (bicyclic) bond motifs is 1. The van der Waals surface area contributed by atoms with Gasteiger partial charge in [0, 0.05) is 11.8 Å². The second-order valence-electron chi connectivity index (χ2n) is 7.54. The Bertz CT molecular complexity index is 1000. The average molecular weight is 409 g/mol. The Morgan fingerprint density at radius 1 is 1.17 bits per heavy atom. The van der Waals surface area contributed by atoms with Crippen LogP contribution in [0.5, 0.6) is 11.5 Å². The van der Waals surface area contributed by atoms with Crippen LogP contribution < -0.4 is 19.5 Å². The molecule has 156 valence electrons. The van der Waals surface area contributed by atoms with Gasteiger partial charge < -0.3 is 24.4 Å². The van der Waals surface area contributed by atoms with E-state index in [0.717, 1.165) is 4.90 Å². The molecule has 1 saturated heterocycles. The molecule has 2 aliphatic rings. The van der Waals surface area contributed by atoms with E-state index in [1.54, 1.807) is 42.6 Å². The van der Waals surface area contributed by atoms with Crippen molar-refractivity contribution in [3.63, 3.8) is 0 Å². The summed E-state index contributed by atoms with van der Waals surface area (Å²) in [6, 6.07) is 9.23. The number of quaternary nitrogens is 1. The monoisotopic (exact) mass is 409 g/mol. The number of hydrogen-bond acceptors (Lipinski definition) is 6. The first-order chi connectivity index (χ1) is 14.5. The van der Waals surface area contributed by atoms with Gasteiger partial charge in [-0.15, -0.1) is 0 Å². The molecule has 8 heteroatoms. The van der Waals surface area contributed by atoms with E-state index in [1.165, 1.54) is 4.90 Å². The number of aromatic nitrogens is 1. The molecule has 2 aromatic rings. The molecule has 1 fully saturated rings. The Balaban J connectivity index is 1.81. The number of rotatable bonds is 5. The number of amides is 1. The molecule has 3 heterocycles. The normalized spacial score (nSPS) is 20.1. The van der Waals surface area contributed by atoms with E-state index < -0.39 is 23.5 Å². The highest BCUT2D eigenvalue weighted by Crippen LogP contribution is 2.39. The summed E-state index contributed by atoms with van der Waals surface area (Å²) in [6.07, 6.45) is 1.59. The molecule has 1 amide bonds. The highest BCUT2D eigenvalue weighted by atomic mass is 16.6. The van der Waals surface area contributed by atoms with E-state index in [-0.39, 0.29) is 11.1 Å². The van der Waals surface area contributed by atoms with Crippen LogP contribution in [0.25, 0.3) is 5.76 Å². The molecule has 0 radical (unpaired) electrons. The molecule has 1 N–H and O–H groups in total. The van der Waals surface area contributed by atoms with Crippen molar-refractivity contribution in [3.8, 4) is 11.5 Å². The summed E-state index contributed by atoms with van der Waals surface area (Å²) in [5, 5.41) is 13.4. The minimum atomic E-state index is -0.814. The number of likely N-dealkylation sites (tertiary alicyclic amines) is 1. The Hall–Kier alpha value is -3.39. The summed E-state index contributed by atoms with van der Waals surface area (Å²) in [5.74, 6) is -0.951. The number of nitrogens with zero attached hydrogens (tertiary/aromatic N) is 2. The molecule has 2 aliphatic heterocycles. The summed E-state index contributed by atoms with van der Waals surface area (Å²) >= 11 is 0. The maximum absolute atomic E-state index is 13.4. The van der Waals surface area contributed by atoms with E-state index in [9.17, 15) is 14.7 Å². The number of hydrogen-bond donors (Lipinski definition) is 1. The van der Waals surface area contributed by atoms with Crippen molar-refractivity contribution in [2.45, 2.75) is 6.04 Å². The minimum absolute atomic E-state index is 0.0795. The van der Waals surface area contributed by atoms with Gasteiger partial charge in [-0.1, -0.05) is 17.9 Å². The Kier molecular flexibility index (Phi) is 5.41. The lowest BCUT2D eigenvalue weighted by atomic mass is 9.98. The second kappa shape index (κ2) is 8.16. The molecule has 1 aromatic heterocycles. The van der Waals surface area contributed by atoms with E-state index in [0.29, 0.717) is 43.5 Å². The molecular formula is C22H23N3O5. The minimum Gasteiger partial charge on any atom is -0.872 e. The fourth-order valence-electron chi connectivity index (χ4n) is 3.63. The molecule has 1 aromatic carbocycles. The maximum atomic E-state index is 13.4. The van der Waals surface area contributed by atoms with Crippen molar-refractivity contribution >= 4 is 17.4 Å². The van der Waals surface area contributed by atoms with Gasteiger partial charge in [-0.2, -0.15) is 0 Å². The van der Waals surface area contributed by atoms with Crippen LogP contribution in [0, 0.1) is 0 Å². The summed E-state index contributed by atoms with van der Waals surface area (Å²) < 4.78 is 11.1. The first-order valence-corrected chi connectivity index (χ1v) is 9.84. The van der Waals surface area contributed by atoms with Gasteiger partial charge in [-0.25, -0.2) is 0 Å². The number of carbonyl (C=O) groups is 2. The molecule has 30 heavy (non-hydrogen) atoms. The third kappa shape index (κ3) is 3.61. The Morgan fingerprint density at radius 3 is 2.63 bits per heavy atom. The van der Waals surface area contributed by atoms with Gasteiger partial charge in [0.2, 0.25) is 5.78 Å². The molecule has 0 aliphatic carbocycles. The molecule has 1 unspecified atom stereocenters. The fourth-order valence-corrected chi connectivity index (χ4v) is 3.63. The largest absolute Gasteiger partial charge is 0.872 e. The standard InChI is InChI=1S/C22H23N3O5/c1-24(2)9-10-25-19(15-5-3-4-8-23-15)18(21(27)22(25)28)20(26)14-6-7-16-17(13-14)30-12-11-29-16/h3-8,13,19,26H,9-12H2,1-2H3. The number of Topliss-reactive ketones (excluding diaryl/α,β-unsaturated/α-hetero) is 1. The van der Waals surface area contributed by atoms with Crippen LogP contribution in [0.1, 0.15) is 17.3 Å². The average Bonchev–Trinajstić information content (AvgIpc) is 3.02. The SMILES string of the molecule is C[NH+](C)CCN1C(=O)C(=O)C(=C([O-])c2ccc3c(c2)OCCO3)C1c1ccccn1. The Labute approximate surface area is 174 Å². The number of pyridine rings is 1. The fraction of sp³-hybridized carbons (Fsp3) is 0.318. The van der Waals surface area contributed by atoms with Crippen LogP contribution in [-0.2, 0) is 9.59 Å². The summed E-state index contributed by atoms with van der Waals surface area (Å²) in [7, 11) is 3.92. The van der Waals surface area contributed by atoms with Gasteiger partial charge >= 0.3 is 0 Å². The number of ketones is 1. The van der Waals surface area contributed by atoms with Crippen LogP contribution in [0.2, 0.25) is 0 Å². The summed E-state index contributed by atoms with van der Waals surface area (Å²) in [6.45, 7) is 1.80. The van der Waals surface area contributed by atoms with Crippen LogP contribution in [0.15, 0.2) is 48.2 Å². The van der Waals surface area contributed by atoms with Gasteiger partial charge in [0.25, 0.3) is 5.91 Å². The highest BCUT2D eigenvalue weighted by molar-refractivity contribution is 6.46. The first kappa shape index (κ1) is 19.9. The van der Waals surface area contributed by atoms with Crippen LogP contribution >= 0.6 is 0 Å². The van der Waals surface area contributed by atoms with Crippen molar-refractivity contribution in [1.29, 1.82) is 0 Å². The van der Waals surface area contributed by atoms with E-state index >= 15 is 0 Å². The van der Waals surface area contributed by atoms with Crippen molar-refractivity contribution in [2.24, 2.45) is 0 Å². The van der Waals surface area contributed by atoms with Gasteiger partial charge in [0.05, 0.1) is 32.9 Å². The van der Waals surface area contributed by atoms with Crippen molar-refractivity contribution in [3.05, 3.63) is 59.4 Å². The third-order valence-corrected chi connectivity index (χ3v) is 5.15.